The SMILES string of the molecule is Cc1ccc(-c2nc3ccc(C(=O)OC(C)C(=O)Nc4ncccc4C)cc3nc2-c2ccc(C)cc2)cc1. The van der Waals surface area contributed by atoms with Gasteiger partial charge in [-0.3, -0.25) is 4.79 Å². The van der Waals surface area contributed by atoms with Gasteiger partial charge in [0.15, 0.2) is 6.10 Å². The Bertz CT molecular complexity index is 1680. The maximum Gasteiger partial charge on any atom is 0.338 e. The van der Waals surface area contributed by atoms with E-state index in [1.165, 1.54) is 6.92 Å². The molecule has 0 bridgehead atoms. The number of aromatic nitrogens is 3. The van der Waals surface area contributed by atoms with Gasteiger partial charge < -0.3 is 10.1 Å². The van der Waals surface area contributed by atoms with E-state index in [-0.39, 0.29) is 5.56 Å². The van der Waals surface area contributed by atoms with Crippen LogP contribution >= 0.6 is 0 Å². The number of aryl methyl sites for hydroxylation is 3. The van der Waals surface area contributed by atoms with Crippen LogP contribution in [0.25, 0.3) is 33.5 Å². The molecule has 3 aromatic carbocycles. The van der Waals surface area contributed by atoms with Crippen LogP contribution in [0.5, 0.6) is 0 Å². The molecular weight excluding hydrogens is 488 g/mol. The van der Waals surface area contributed by atoms with Crippen molar-refractivity contribution in [3.05, 3.63) is 107 Å². The van der Waals surface area contributed by atoms with Gasteiger partial charge in [0.05, 0.1) is 28.0 Å². The van der Waals surface area contributed by atoms with Crippen LogP contribution in [0.1, 0.15) is 34.0 Å². The van der Waals surface area contributed by atoms with Crippen molar-refractivity contribution in [3.63, 3.8) is 0 Å². The molecule has 0 saturated heterocycles. The van der Waals surface area contributed by atoms with Gasteiger partial charge in [-0.2, -0.15) is 0 Å². The Morgan fingerprint density at radius 2 is 1.36 bits per heavy atom. The summed E-state index contributed by atoms with van der Waals surface area (Å²) in [6.07, 6.45) is 0.567. The van der Waals surface area contributed by atoms with Crippen LogP contribution in [0.4, 0.5) is 5.82 Å². The molecule has 1 unspecified atom stereocenters. The molecule has 7 heteroatoms. The predicted octanol–water partition coefficient (Wildman–Crippen LogP) is 6.47. The molecule has 194 valence electrons. The van der Waals surface area contributed by atoms with Gasteiger partial charge in [-0.25, -0.2) is 19.7 Å². The third-order valence-corrected chi connectivity index (χ3v) is 6.45. The van der Waals surface area contributed by atoms with Gasteiger partial charge in [0.25, 0.3) is 5.91 Å². The number of carbonyl (C=O) groups is 2. The number of pyridine rings is 1. The summed E-state index contributed by atoms with van der Waals surface area (Å²) in [5.74, 6) is -0.659. The molecule has 2 heterocycles. The van der Waals surface area contributed by atoms with Crippen molar-refractivity contribution in [2.45, 2.75) is 33.8 Å². The average Bonchev–Trinajstić information content (AvgIpc) is 2.94. The molecule has 0 aliphatic rings. The van der Waals surface area contributed by atoms with Crippen molar-refractivity contribution in [1.29, 1.82) is 0 Å². The number of hydrogen-bond donors (Lipinski definition) is 1. The molecule has 0 fully saturated rings. The summed E-state index contributed by atoms with van der Waals surface area (Å²) in [5.41, 5.74) is 7.95. The summed E-state index contributed by atoms with van der Waals surface area (Å²) >= 11 is 0. The van der Waals surface area contributed by atoms with Crippen LogP contribution in [0.3, 0.4) is 0 Å². The van der Waals surface area contributed by atoms with Crippen LogP contribution < -0.4 is 5.32 Å². The highest BCUT2D eigenvalue weighted by molar-refractivity contribution is 5.99. The fourth-order valence-corrected chi connectivity index (χ4v) is 4.12. The number of esters is 1. The molecule has 0 radical (unpaired) electrons. The van der Waals surface area contributed by atoms with Crippen molar-refractivity contribution in [3.8, 4) is 22.5 Å². The van der Waals surface area contributed by atoms with Gasteiger partial charge in [0.1, 0.15) is 5.82 Å². The van der Waals surface area contributed by atoms with Gasteiger partial charge in [0, 0.05) is 17.3 Å². The number of nitrogens with zero attached hydrogens (tertiary/aromatic N) is 3. The lowest BCUT2D eigenvalue weighted by Crippen LogP contribution is -2.30. The number of anilines is 1. The summed E-state index contributed by atoms with van der Waals surface area (Å²) in [4.78, 5) is 39.6. The Hall–Kier alpha value is -4.91. The number of benzene rings is 3. The lowest BCUT2D eigenvalue weighted by Gasteiger charge is -2.15. The minimum absolute atomic E-state index is 0.281. The molecule has 0 spiro atoms. The van der Waals surface area contributed by atoms with E-state index in [4.69, 9.17) is 14.7 Å². The van der Waals surface area contributed by atoms with E-state index in [9.17, 15) is 9.59 Å². The van der Waals surface area contributed by atoms with E-state index in [2.05, 4.69) is 10.3 Å². The van der Waals surface area contributed by atoms with Gasteiger partial charge in [-0.05, 0) is 57.5 Å². The van der Waals surface area contributed by atoms with Gasteiger partial charge >= 0.3 is 5.97 Å². The number of hydrogen-bond acceptors (Lipinski definition) is 6. The number of nitrogens with one attached hydrogen (secondary N) is 1. The Morgan fingerprint density at radius 3 is 1.95 bits per heavy atom. The number of rotatable bonds is 6. The Morgan fingerprint density at radius 1 is 0.769 bits per heavy atom. The van der Waals surface area contributed by atoms with Crippen LogP contribution in [-0.2, 0) is 9.53 Å². The molecule has 7 nitrogen and oxygen atoms in total. The van der Waals surface area contributed by atoms with Gasteiger partial charge in [-0.15, -0.1) is 0 Å². The van der Waals surface area contributed by atoms with E-state index in [0.29, 0.717) is 16.9 Å². The maximum absolute atomic E-state index is 13.0. The number of carbonyl (C=O) groups excluding carboxylic acids is 2. The van der Waals surface area contributed by atoms with Crippen molar-refractivity contribution in [2.24, 2.45) is 0 Å². The monoisotopic (exact) mass is 516 g/mol. The normalized spacial score (nSPS) is 11.7. The molecular formula is C32H28N4O3. The minimum Gasteiger partial charge on any atom is -0.449 e. The highest BCUT2D eigenvalue weighted by atomic mass is 16.5. The first-order valence-corrected chi connectivity index (χ1v) is 12.7. The van der Waals surface area contributed by atoms with E-state index in [1.807, 2.05) is 75.4 Å². The molecule has 1 N–H and O–H groups in total. The van der Waals surface area contributed by atoms with Crippen molar-refractivity contribution in [2.75, 3.05) is 5.32 Å². The van der Waals surface area contributed by atoms with Crippen molar-refractivity contribution < 1.29 is 14.3 Å². The fraction of sp³-hybridized carbons (Fsp3) is 0.156. The molecule has 5 aromatic rings. The molecule has 2 aromatic heterocycles. The molecule has 1 atom stereocenters. The van der Waals surface area contributed by atoms with Crippen LogP contribution in [0.15, 0.2) is 85.1 Å². The second kappa shape index (κ2) is 10.8. The molecule has 0 aliphatic carbocycles. The Kier molecular flexibility index (Phi) is 7.14. The lowest BCUT2D eigenvalue weighted by molar-refractivity contribution is -0.123. The third kappa shape index (κ3) is 5.67. The van der Waals surface area contributed by atoms with E-state index < -0.39 is 18.0 Å². The first-order valence-electron chi connectivity index (χ1n) is 12.7. The summed E-state index contributed by atoms with van der Waals surface area (Å²) in [7, 11) is 0. The van der Waals surface area contributed by atoms with Crippen LogP contribution in [-0.4, -0.2) is 32.9 Å². The minimum atomic E-state index is -1.02. The van der Waals surface area contributed by atoms with Crippen LogP contribution in [0, 0.1) is 20.8 Å². The molecule has 39 heavy (non-hydrogen) atoms. The van der Waals surface area contributed by atoms with Crippen LogP contribution in [0.2, 0.25) is 0 Å². The Labute approximate surface area is 226 Å². The lowest BCUT2D eigenvalue weighted by atomic mass is 10.0. The summed E-state index contributed by atoms with van der Waals surface area (Å²) in [6.45, 7) is 7.44. The standard InChI is InChI=1S/C32H28N4O3/c1-19-7-11-23(12-8-19)28-29(24-13-9-20(2)10-14-24)35-27-18-25(15-16-26(27)34-28)32(38)39-22(4)31(37)36-30-21(3)6-5-17-33-30/h5-18,22H,1-4H3,(H,33,36,37). The van der Waals surface area contributed by atoms with Crippen molar-refractivity contribution in [1.82, 2.24) is 15.0 Å². The summed E-state index contributed by atoms with van der Waals surface area (Å²) < 4.78 is 5.46. The number of amides is 1. The molecule has 0 saturated carbocycles. The second-order valence-corrected chi connectivity index (χ2v) is 9.56. The molecule has 1 amide bonds. The fourth-order valence-electron chi connectivity index (χ4n) is 4.12. The zero-order valence-corrected chi connectivity index (χ0v) is 22.2. The van der Waals surface area contributed by atoms with E-state index in [0.717, 1.165) is 39.2 Å². The third-order valence-electron chi connectivity index (χ3n) is 6.45. The maximum atomic E-state index is 13.0. The zero-order valence-electron chi connectivity index (χ0n) is 22.2. The largest absolute Gasteiger partial charge is 0.449 e. The van der Waals surface area contributed by atoms with Gasteiger partial charge in [0.2, 0.25) is 0 Å². The predicted molar refractivity (Wildman–Crippen MR) is 152 cm³/mol. The van der Waals surface area contributed by atoms with E-state index in [1.54, 1.807) is 30.5 Å². The quantitative estimate of drug-likeness (QED) is 0.260. The highest BCUT2D eigenvalue weighted by Gasteiger charge is 2.21. The number of ether oxygens (including phenoxy) is 1. The first-order chi connectivity index (χ1) is 18.8. The van der Waals surface area contributed by atoms with E-state index >= 15 is 0 Å². The zero-order chi connectivity index (χ0) is 27.5. The second-order valence-electron chi connectivity index (χ2n) is 9.56. The van der Waals surface area contributed by atoms with Gasteiger partial charge in [-0.1, -0.05) is 65.7 Å². The smallest absolute Gasteiger partial charge is 0.338 e. The summed E-state index contributed by atoms with van der Waals surface area (Å²) in [5, 5.41) is 2.70. The summed E-state index contributed by atoms with van der Waals surface area (Å²) in [6, 6.07) is 24.9. The Balaban J connectivity index is 1.45. The average molecular weight is 517 g/mol. The number of fused-ring (bicyclic) bond motifs is 1. The molecule has 5 rings (SSSR count). The molecule has 0 aliphatic heterocycles. The topological polar surface area (TPSA) is 94.1 Å². The highest BCUT2D eigenvalue weighted by Crippen LogP contribution is 2.31. The first kappa shape index (κ1) is 25.7. The van der Waals surface area contributed by atoms with Crippen molar-refractivity contribution >= 4 is 28.7 Å².